The number of aromatic nitrogens is 2. The van der Waals surface area contributed by atoms with Crippen LogP contribution in [-0.2, 0) is 24.1 Å². The Morgan fingerprint density at radius 2 is 1.89 bits per heavy atom. The fraction of sp³-hybridized carbons (Fsp3) is 0.261. The molecule has 0 radical (unpaired) electrons. The highest BCUT2D eigenvalue weighted by Crippen LogP contribution is 2.24. The van der Waals surface area contributed by atoms with E-state index in [1.165, 1.54) is 22.0 Å². The number of carbonyl (C=O) groups is 1. The molecule has 0 unspecified atom stereocenters. The van der Waals surface area contributed by atoms with Crippen molar-refractivity contribution in [3.8, 4) is 5.75 Å². The quantitative estimate of drug-likeness (QED) is 0.455. The van der Waals surface area contributed by atoms with E-state index in [0.29, 0.717) is 13.0 Å². The third-order valence-corrected chi connectivity index (χ3v) is 5.31. The van der Waals surface area contributed by atoms with E-state index in [0.717, 1.165) is 35.1 Å². The van der Waals surface area contributed by atoms with Crippen LogP contribution in [0.3, 0.4) is 0 Å². The molecule has 4 aromatic rings. The van der Waals surface area contributed by atoms with E-state index in [4.69, 9.17) is 4.74 Å². The largest absolute Gasteiger partial charge is 0.497 e. The van der Waals surface area contributed by atoms with Crippen molar-refractivity contribution in [2.45, 2.75) is 26.2 Å². The monoisotopic (exact) mass is 375 g/mol. The summed E-state index contributed by atoms with van der Waals surface area (Å²) in [6, 6.07) is 12.2. The van der Waals surface area contributed by atoms with E-state index in [9.17, 15) is 4.79 Å². The molecule has 0 aliphatic carbocycles. The Labute approximate surface area is 164 Å². The van der Waals surface area contributed by atoms with Gasteiger partial charge in [0.15, 0.2) is 0 Å². The van der Waals surface area contributed by atoms with Gasteiger partial charge in [-0.05, 0) is 47.7 Å². The van der Waals surface area contributed by atoms with Gasteiger partial charge in [0.2, 0.25) is 5.91 Å². The van der Waals surface area contributed by atoms with Crippen molar-refractivity contribution < 1.29 is 9.53 Å². The Hall–Kier alpha value is -3.21. The molecule has 1 amide bonds. The molecule has 2 aromatic carbocycles. The molecule has 2 aromatic heterocycles. The predicted molar refractivity (Wildman–Crippen MR) is 113 cm³/mol. The molecule has 0 fully saturated rings. The average Bonchev–Trinajstić information content (AvgIpc) is 3.32. The van der Waals surface area contributed by atoms with Gasteiger partial charge in [-0.1, -0.05) is 25.1 Å². The average molecular weight is 375 g/mol. The zero-order chi connectivity index (χ0) is 19.5. The highest BCUT2D eigenvalue weighted by Gasteiger charge is 2.11. The van der Waals surface area contributed by atoms with Crippen LogP contribution in [0.4, 0.5) is 0 Å². The zero-order valence-electron chi connectivity index (χ0n) is 16.3. The minimum absolute atomic E-state index is 0.0257. The van der Waals surface area contributed by atoms with E-state index in [1.807, 2.05) is 24.4 Å². The van der Waals surface area contributed by atoms with E-state index in [2.05, 4.69) is 46.6 Å². The van der Waals surface area contributed by atoms with E-state index in [1.54, 1.807) is 7.11 Å². The molecule has 5 nitrogen and oxygen atoms in total. The van der Waals surface area contributed by atoms with Gasteiger partial charge in [-0.2, -0.15) is 0 Å². The first-order valence-electron chi connectivity index (χ1n) is 9.68. The summed E-state index contributed by atoms with van der Waals surface area (Å²) in [5, 5.41) is 5.32. The highest BCUT2D eigenvalue weighted by atomic mass is 16.5. The lowest BCUT2D eigenvalue weighted by Crippen LogP contribution is -2.27. The lowest BCUT2D eigenvalue weighted by molar-refractivity contribution is -0.120. The van der Waals surface area contributed by atoms with E-state index in [-0.39, 0.29) is 5.91 Å². The van der Waals surface area contributed by atoms with Crippen molar-refractivity contribution in [1.82, 2.24) is 15.3 Å². The zero-order valence-corrected chi connectivity index (χ0v) is 16.3. The third-order valence-electron chi connectivity index (χ3n) is 5.31. The second kappa shape index (κ2) is 7.80. The van der Waals surface area contributed by atoms with Crippen LogP contribution in [0.5, 0.6) is 5.75 Å². The Morgan fingerprint density at radius 3 is 2.71 bits per heavy atom. The minimum Gasteiger partial charge on any atom is -0.497 e. The van der Waals surface area contributed by atoms with Gasteiger partial charge < -0.3 is 20.0 Å². The third kappa shape index (κ3) is 3.48. The van der Waals surface area contributed by atoms with Gasteiger partial charge in [0.05, 0.1) is 13.5 Å². The van der Waals surface area contributed by atoms with Crippen LogP contribution in [0.2, 0.25) is 0 Å². The number of H-pyrrole nitrogens is 2. The predicted octanol–water partition coefficient (Wildman–Crippen LogP) is 4.12. The molecule has 2 heterocycles. The summed E-state index contributed by atoms with van der Waals surface area (Å²) in [5.41, 5.74) is 5.75. The SMILES string of the molecule is CCc1cccc2c(CCNC(=O)Cc3c[nH]c4ccc(OC)cc34)c[nH]c12. The van der Waals surface area contributed by atoms with Crippen LogP contribution >= 0.6 is 0 Å². The number of para-hydroxylation sites is 1. The molecule has 0 atom stereocenters. The normalized spacial score (nSPS) is 11.2. The molecule has 0 saturated carbocycles. The first-order chi connectivity index (χ1) is 13.7. The Kier molecular flexibility index (Phi) is 5.06. The van der Waals surface area contributed by atoms with Crippen LogP contribution in [-0.4, -0.2) is 29.5 Å². The molecule has 28 heavy (non-hydrogen) atoms. The summed E-state index contributed by atoms with van der Waals surface area (Å²) in [6.07, 6.45) is 6.11. The van der Waals surface area contributed by atoms with Crippen molar-refractivity contribution in [1.29, 1.82) is 0 Å². The maximum Gasteiger partial charge on any atom is 0.224 e. The van der Waals surface area contributed by atoms with Crippen LogP contribution in [0, 0.1) is 0 Å². The smallest absolute Gasteiger partial charge is 0.224 e. The molecular weight excluding hydrogens is 350 g/mol. The van der Waals surface area contributed by atoms with Gasteiger partial charge in [-0.25, -0.2) is 0 Å². The molecule has 0 bridgehead atoms. The van der Waals surface area contributed by atoms with Gasteiger partial charge in [0.25, 0.3) is 0 Å². The Morgan fingerprint density at radius 1 is 1.04 bits per heavy atom. The van der Waals surface area contributed by atoms with Gasteiger partial charge in [-0.15, -0.1) is 0 Å². The summed E-state index contributed by atoms with van der Waals surface area (Å²) in [5.74, 6) is 0.817. The van der Waals surface area contributed by atoms with E-state index < -0.39 is 0 Å². The topological polar surface area (TPSA) is 69.9 Å². The van der Waals surface area contributed by atoms with Crippen LogP contribution < -0.4 is 10.1 Å². The molecule has 5 heteroatoms. The maximum absolute atomic E-state index is 12.4. The molecule has 0 aliphatic heterocycles. The molecule has 4 rings (SSSR count). The van der Waals surface area contributed by atoms with Crippen LogP contribution in [0.1, 0.15) is 23.6 Å². The van der Waals surface area contributed by atoms with Gasteiger partial charge in [0, 0.05) is 40.7 Å². The number of aryl methyl sites for hydroxylation is 1. The summed E-state index contributed by atoms with van der Waals surface area (Å²) < 4.78 is 5.29. The first kappa shape index (κ1) is 18.2. The number of hydrogen-bond donors (Lipinski definition) is 3. The Balaban J connectivity index is 1.39. The maximum atomic E-state index is 12.4. The number of carbonyl (C=O) groups excluding carboxylic acids is 1. The fourth-order valence-corrected chi connectivity index (χ4v) is 3.78. The number of fused-ring (bicyclic) bond motifs is 2. The molecule has 0 saturated heterocycles. The van der Waals surface area contributed by atoms with Crippen molar-refractivity contribution >= 4 is 27.7 Å². The van der Waals surface area contributed by atoms with E-state index >= 15 is 0 Å². The lowest BCUT2D eigenvalue weighted by atomic mass is 10.1. The number of methoxy groups -OCH3 is 1. The number of ether oxygens (including phenoxy) is 1. The second-order valence-corrected chi connectivity index (χ2v) is 7.01. The highest BCUT2D eigenvalue weighted by molar-refractivity contribution is 5.90. The molecule has 3 N–H and O–H groups in total. The minimum atomic E-state index is 0.0257. The van der Waals surface area contributed by atoms with Crippen LogP contribution in [0.15, 0.2) is 48.8 Å². The standard InChI is InChI=1S/C23H25N3O2/c1-3-15-5-4-6-19-16(13-26-23(15)19)9-10-24-22(27)11-17-14-25-21-8-7-18(28-2)12-20(17)21/h4-8,12-14,25-26H,3,9-11H2,1-2H3,(H,24,27). The number of benzene rings is 2. The van der Waals surface area contributed by atoms with Crippen LogP contribution in [0.25, 0.3) is 21.8 Å². The van der Waals surface area contributed by atoms with Crippen molar-refractivity contribution in [2.24, 2.45) is 0 Å². The number of hydrogen-bond acceptors (Lipinski definition) is 2. The second-order valence-electron chi connectivity index (χ2n) is 7.01. The summed E-state index contributed by atoms with van der Waals surface area (Å²) >= 11 is 0. The number of nitrogens with one attached hydrogen (secondary N) is 3. The number of aromatic amines is 2. The van der Waals surface area contributed by atoms with Crippen molar-refractivity contribution in [3.63, 3.8) is 0 Å². The number of amides is 1. The lowest BCUT2D eigenvalue weighted by Gasteiger charge is -2.06. The molecule has 144 valence electrons. The van der Waals surface area contributed by atoms with Gasteiger partial charge in [0.1, 0.15) is 5.75 Å². The molecule has 0 spiro atoms. The fourth-order valence-electron chi connectivity index (χ4n) is 3.78. The summed E-state index contributed by atoms with van der Waals surface area (Å²) in [4.78, 5) is 19.0. The Bertz CT molecular complexity index is 1120. The summed E-state index contributed by atoms with van der Waals surface area (Å²) in [7, 11) is 1.65. The molecular formula is C23H25N3O2. The summed E-state index contributed by atoms with van der Waals surface area (Å²) in [6.45, 7) is 2.78. The first-order valence-corrected chi connectivity index (χ1v) is 9.68. The van der Waals surface area contributed by atoms with Gasteiger partial charge in [-0.3, -0.25) is 4.79 Å². The van der Waals surface area contributed by atoms with Crippen molar-refractivity contribution in [2.75, 3.05) is 13.7 Å². The number of rotatable bonds is 7. The molecule has 0 aliphatic rings. The van der Waals surface area contributed by atoms with Gasteiger partial charge >= 0.3 is 0 Å². The van der Waals surface area contributed by atoms with Crippen molar-refractivity contribution in [3.05, 3.63) is 65.5 Å².